The smallest absolute Gasteiger partial charge is 0.341 e. The van der Waals surface area contributed by atoms with Crippen molar-refractivity contribution >= 4 is 16.9 Å². The average molecular weight is 323 g/mol. The van der Waals surface area contributed by atoms with Gasteiger partial charge in [-0.15, -0.1) is 0 Å². The van der Waals surface area contributed by atoms with Crippen LogP contribution < -0.4 is 4.74 Å². The lowest BCUT2D eigenvalue weighted by Gasteiger charge is -2.10. The van der Waals surface area contributed by atoms with E-state index < -0.39 is 5.97 Å². The van der Waals surface area contributed by atoms with Crippen molar-refractivity contribution in [2.75, 3.05) is 6.61 Å². The molecular weight excluding hydrogens is 302 g/mol. The molecule has 0 fully saturated rings. The SMILES string of the molecule is CCc1c(C)c2c(OCC(=O)O)cccc2n1Cc1ccccc1. The number of ether oxygens (including phenoxy) is 1. The molecule has 0 aliphatic heterocycles. The van der Waals surface area contributed by atoms with Crippen molar-refractivity contribution in [1.29, 1.82) is 0 Å². The van der Waals surface area contributed by atoms with E-state index >= 15 is 0 Å². The summed E-state index contributed by atoms with van der Waals surface area (Å²) >= 11 is 0. The van der Waals surface area contributed by atoms with Gasteiger partial charge in [-0.1, -0.05) is 43.3 Å². The molecule has 0 saturated heterocycles. The fraction of sp³-hybridized carbons (Fsp3) is 0.250. The highest BCUT2D eigenvalue weighted by Crippen LogP contribution is 2.34. The van der Waals surface area contributed by atoms with Crippen molar-refractivity contribution in [2.24, 2.45) is 0 Å². The Morgan fingerprint density at radius 2 is 1.88 bits per heavy atom. The van der Waals surface area contributed by atoms with Crippen LogP contribution in [0, 0.1) is 6.92 Å². The first-order valence-electron chi connectivity index (χ1n) is 8.11. The van der Waals surface area contributed by atoms with Gasteiger partial charge in [0.1, 0.15) is 5.75 Å². The van der Waals surface area contributed by atoms with Crippen LogP contribution in [-0.2, 0) is 17.8 Å². The molecule has 0 aliphatic rings. The van der Waals surface area contributed by atoms with Crippen molar-refractivity contribution in [1.82, 2.24) is 4.57 Å². The monoisotopic (exact) mass is 323 g/mol. The Morgan fingerprint density at radius 1 is 1.12 bits per heavy atom. The number of fused-ring (bicyclic) bond motifs is 1. The summed E-state index contributed by atoms with van der Waals surface area (Å²) in [4.78, 5) is 10.8. The molecular formula is C20H21NO3. The van der Waals surface area contributed by atoms with Crippen LogP contribution in [0.3, 0.4) is 0 Å². The van der Waals surface area contributed by atoms with Crippen LogP contribution in [0.2, 0.25) is 0 Å². The van der Waals surface area contributed by atoms with E-state index in [-0.39, 0.29) is 6.61 Å². The predicted molar refractivity (Wildman–Crippen MR) is 94.7 cm³/mol. The average Bonchev–Trinajstić information content (AvgIpc) is 2.86. The minimum atomic E-state index is -0.968. The van der Waals surface area contributed by atoms with E-state index in [1.165, 1.54) is 11.3 Å². The number of aromatic nitrogens is 1. The predicted octanol–water partition coefficient (Wildman–Crippen LogP) is 4.02. The van der Waals surface area contributed by atoms with Crippen LogP contribution in [0.25, 0.3) is 10.9 Å². The zero-order chi connectivity index (χ0) is 17.1. The van der Waals surface area contributed by atoms with E-state index in [9.17, 15) is 4.79 Å². The number of aryl methyl sites for hydroxylation is 1. The van der Waals surface area contributed by atoms with Gasteiger partial charge >= 0.3 is 5.97 Å². The van der Waals surface area contributed by atoms with Crippen LogP contribution >= 0.6 is 0 Å². The Balaban J connectivity index is 2.11. The summed E-state index contributed by atoms with van der Waals surface area (Å²) in [6.45, 7) is 4.68. The number of aliphatic carboxylic acids is 1. The number of hydrogen-bond acceptors (Lipinski definition) is 2. The molecule has 0 spiro atoms. The number of rotatable bonds is 6. The van der Waals surface area contributed by atoms with Crippen LogP contribution in [0.4, 0.5) is 0 Å². The highest BCUT2D eigenvalue weighted by atomic mass is 16.5. The molecule has 3 aromatic rings. The van der Waals surface area contributed by atoms with Crippen molar-refractivity contribution in [3.8, 4) is 5.75 Å². The van der Waals surface area contributed by atoms with E-state index in [0.29, 0.717) is 5.75 Å². The number of hydrogen-bond donors (Lipinski definition) is 1. The van der Waals surface area contributed by atoms with Crippen molar-refractivity contribution < 1.29 is 14.6 Å². The standard InChI is InChI=1S/C20H21NO3/c1-3-16-14(2)20-17(10-7-11-18(20)24-13-19(22)23)21(16)12-15-8-5-4-6-9-15/h4-11H,3,12-13H2,1-2H3,(H,22,23). The summed E-state index contributed by atoms with van der Waals surface area (Å²) in [5.74, 6) is -0.335. The summed E-state index contributed by atoms with van der Waals surface area (Å²) in [5, 5.41) is 9.89. The summed E-state index contributed by atoms with van der Waals surface area (Å²) in [7, 11) is 0. The summed E-state index contributed by atoms with van der Waals surface area (Å²) in [6, 6.07) is 16.2. The second kappa shape index (κ2) is 6.79. The molecule has 0 aliphatic carbocycles. The van der Waals surface area contributed by atoms with Gasteiger partial charge < -0.3 is 14.4 Å². The molecule has 1 heterocycles. The maximum atomic E-state index is 10.8. The van der Waals surface area contributed by atoms with E-state index in [0.717, 1.165) is 29.4 Å². The first kappa shape index (κ1) is 16.1. The fourth-order valence-corrected chi connectivity index (χ4v) is 3.28. The lowest BCUT2D eigenvalue weighted by Crippen LogP contribution is -2.09. The first-order valence-corrected chi connectivity index (χ1v) is 8.11. The van der Waals surface area contributed by atoms with Crippen LogP contribution in [0.1, 0.15) is 23.7 Å². The van der Waals surface area contributed by atoms with E-state index in [1.54, 1.807) is 0 Å². The molecule has 0 unspecified atom stereocenters. The van der Waals surface area contributed by atoms with E-state index in [1.807, 2.05) is 30.3 Å². The van der Waals surface area contributed by atoms with Gasteiger partial charge in [0.2, 0.25) is 0 Å². The number of nitrogens with zero attached hydrogens (tertiary/aromatic N) is 1. The summed E-state index contributed by atoms with van der Waals surface area (Å²) in [5.41, 5.74) is 4.72. The van der Waals surface area contributed by atoms with Crippen LogP contribution in [-0.4, -0.2) is 22.2 Å². The quantitative estimate of drug-likeness (QED) is 0.745. The zero-order valence-electron chi connectivity index (χ0n) is 14.0. The van der Waals surface area contributed by atoms with Gasteiger partial charge in [-0.05, 0) is 36.6 Å². The highest BCUT2D eigenvalue weighted by molar-refractivity contribution is 5.91. The molecule has 124 valence electrons. The van der Waals surface area contributed by atoms with Gasteiger partial charge in [0.15, 0.2) is 6.61 Å². The van der Waals surface area contributed by atoms with Crippen molar-refractivity contribution in [3.63, 3.8) is 0 Å². The second-order valence-electron chi connectivity index (χ2n) is 5.83. The highest BCUT2D eigenvalue weighted by Gasteiger charge is 2.17. The normalized spacial score (nSPS) is 10.9. The molecule has 0 amide bonds. The number of carboxylic acid groups (broad SMARTS) is 1. The molecule has 0 saturated carbocycles. The molecule has 24 heavy (non-hydrogen) atoms. The first-order chi connectivity index (χ1) is 11.6. The van der Waals surface area contributed by atoms with Gasteiger partial charge in [0.25, 0.3) is 0 Å². The topological polar surface area (TPSA) is 51.5 Å². The van der Waals surface area contributed by atoms with Gasteiger partial charge in [-0.25, -0.2) is 4.79 Å². The van der Waals surface area contributed by atoms with Gasteiger partial charge in [0, 0.05) is 17.6 Å². The van der Waals surface area contributed by atoms with E-state index in [4.69, 9.17) is 9.84 Å². The lowest BCUT2D eigenvalue weighted by molar-refractivity contribution is -0.139. The third-order valence-corrected chi connectivity index (χ3v) is 4.30. The number of benzene rings is 2. The molecule has 0 radical (unpaired) electrons. The van der Waals surface area contributed by atoms with Crippen molar-refractivity contribution in [2.45, 2.75) is 26.8 Å². The summed E-state index contributed by atoms with van der Waals surface area (Å²) in [6.07, 6.45) is 0.908. The van der Waals surface area contributed by atoms with Crippen LogP contribution in [0.5, 0.6) is 5.75 Å². The number of carbonyl (C=O) groups is 1. The Morgan fingerprint density at radius 3 is 2.54 bits per heavy atom. The lowest BCUT2D eigenvalue weighted by atomic mass is 10.1. The second-order valence-corrected chi connectivity index (χ2v) is 5.83. The van der Waals surface area contributed by atoms with Gasteiger partial charge in [0.05, 0.1) is 5.52 Å². The van der Waals surface area contributed by atoms with Crippen molar-refractivity contribution in [3.05, 3.63) is 65.4 Å². The molecule has 2 aromatic carbocycles. The Kier molecular flexibility index (Phi) is 4.56. The van der Waals surface area contributed by atoms with Gasteiger partial charge in [-0.3, -0.25) is 0 Å². The van der Waals surface area contributed by atoms with Gasteiger partial charge in [-0.2, -0.15) is 0 Å². The fourth-order valence-electron chi connectivity index (χ4n) is 3.28. The summed E-state index contributed by atoms with van der Waals surface area (Å²) < 4.78 is 7.81. The number of carboxylic acids is 1. The molecule has 0 bridgehead atoms. The zero-order valence-corrected chi connectivity index (χ0v) is 14.0. The Hall–Kier alpha value is -2.75. The maximum absolute atomic E-state index is 10.8. The Labute approximate surface area is 141 Å². The molecule has 1 N–H and O–H groups in total. The minimum absolute atomic E-state index is 0.329. The molecule has 0 atom stereocenters. The molecule has 4 heteroatoms. The third kappa shape index (κ3) is 3.00. The third-order valence-electron chi connectivity index (χ3n) is 4.30. The molecule has 4 nitrogen and oxygen atoms in total. The molecule has 3 rings (SSSR count). The minimum Gasteiger partial charge on any atom is -0.481 e. The molecule has 1 aromatic heterocycles. The largest absolute Gasteiger partial charge is 0.481 e. The Bertz CT molecular complexity index is 865. The maximum Gasteiger partial charge on any atom is 0.341 e. The van der Waals surface area contributed by atoms with Crippen LogP contribution in [0.15, 0.2) is 48.5 Å². The van der Waals surface area contributed by atoms with E-state index in [2.05, 4.69) is 36.6 Å².